The molecule has 1 atom stereocenters. The molecule has 5 heteroatoms. The summed E-state index contributed by atoms with van der Waals surface area (Å²) in [7, 11) is 1.62. The normalized spacial score (nSPS) is 12.2. The van der Waals surface area contributed by atoms with E-state index in [1.165, 1.54) is 16.5 Å². The van der Waals surface area contributed by atoms with E-state index in [9.17, 15) is 4.79 Å². The molecule has 32 heavy (non-hydrogen) atoms. The van der Waals surface area contributed by atoms with E-state index in [-0.39, 0.29) is 18.2 Å². The van der Waals surface area contributed by atoms with Gasteiger partial charge in [0.2, 0.25) is 5.91 Å². The third-order valence-corrected chi connectivity index (χ3v) is 5.92. The number of amides is 1. The van der Waals surface area contributed by atoms with Crippen LogP contribution in [0.15, 0.2) is 89.7 Å². The van der Waals surface area contributed by atoms with Gasteiger partial charge in [0, 0.05) is 46.6 Å². The quantitative estimate of drug-likeness (QED) is 0.367. The molecule has 0 saturated heterocycles. The number of para-hydroxylation sites is 1. The van der Waals surface area contributed by atoms with Crippen molar-refractivity contribution in [2.24, 2.45) is 0 Å². The van der Waals surface area contributed by atoms with Gasteiger partial charge in [-0.05, 0) is 29.3 Å². The van der Waals surface area contributed by atoms with Gasteiger partial charge in [0.15, 0.2) is 0 Å². The fourth-order valence-electron chi connectivity index (χ4n) is 4.25. The maximum atomic E-state index is 12.9. The Morgan fingerprint density at radius 1 is 1.03 bits per heavy atom. The number of hydrogen-bond donors (Lipinski definition) is 2. The highest BCUT2D eigenvalue weighted by Crippen LogP contribution is 2.31. The van der Waals surface area contributed by atoms with Gasteiger partial charge in [0.25, 0.3) is 0 Å². The number of benzene rings is 3. The fourth-order valence-corrected chi connectivity index (χ4v) is 4.25. The number of aromatic amines is 1. The number of H-pyrrole nitrogens is 1. The van der Waals surface area contributed by atoms with Crippen molar-refractivity contribution in [1.29, 1.82) is 0 Å². The molecule has 5 nitrogen and oxygen atoms in total. The highest BCUT2D eigenvalue weighted by atomic mass is 16.5. The van der Waals surface area contributed by atoms with Gasteiger partial charge in [0.1, 0.15) is 11.3 Å². The minimum Gasteiger partial charge on any atom is -0.497 e. The van der Waals surface area contributed by atoms with Crippen molar-refractivity contribution in [3.63, 3.8) is 0 Å². The van der Waals surface area contributed by atoms with Gasteiger partial charge in [-0.1, -0.05) is 48.5 Å². The first kappa shape index (κ1) is 19.9. The lowest BCUT2D eigenvalue weighted by Crippen LogP contribution is -2.30. The summed E-state index contributed by atoms with van der Waals surface area (Å²) in [6, 6.07) is 24.2. The lowest BCUT2D eigenvalue weighted by Gasteiger charge is -2.18. The van der Waals surface area contributed by atoms with Crippen molar-refractivity contribution < 1.29 is 13.9 Å². The van der Waals surface area contributed by atoms with Crippen LogP contribution in [0.5, 0.6) is 5.75 Å². The molecule has 3 aromatic carbocycles. The predicted molar refractivity (Wildman–Crippen MR) is 126 cm³/mol. The van der Waals surface area contributed by atoms with Crippen LogP contribution >= 0.6 is 0 Å². The summed E-state index contributed by atoms with van der Waals surface area (Å²) in [5.41, 5.74) is 5.01. The van der Waals surface area contributed by atoms with E-state index in [4.69, 9.17) is 9.15 Å². The lowest BCUT2D eigenvalue weighted by atomic mass is 9.91. The van der Waals surface area contributed by atoms with Crippen LogP contribution in [0.2, 0.25) is 0 Å². The predicted octanol–water partition coefficient (Wildman–Crippen LogP) is 5.41. The van der Waals surface area contributed by atoms with Crippen molar-refractivity contribution in [3.05, 3.63) is 102 Å². The van der Waals surface area contributed by atoms with Gasteiger partial charge in [-0.2, -0.15) is 0 Å². The number of methoxy groups -OCH3 is 1. The summed E-state index contributed by atoms with van der Waals surface area (Å²) < 4.78 is 10.9. The summed E-state index contributed by atoms with van der Waals surface area (Å²) in [6.07, 6.45) is 3.96. The molecule has 1 unspecified atom stereocenters. The Hall–Kier alpha value is -3.99. The number of carbonyl (C=O) groups excluding carboxylic acids is 1. The van der Waals surface area contributed by atoms with E-state index in [0.717, 1.165) is 22.2 Å². The highest BCUT2D eigenvalue weighted by Gasteiger charge is 2.19. The van der Waals surface area contributed by atoms with E-state index in [1.807, 2.05) is 54.7 Å². The zero-order valence-electron chi connectivity index (χ0n) is 17.8. The molecule has 0 radical (unpaired) electrons. The molecule has 0 aliphatic heterocycles. The Morgan fingerprint density at radius 2 is 1.84 bits per heavy atom. The molecule has 0 spiro atoms. The molecular formula is C27H24N2O3. The van der Waals surface area contributed by atoms with Crippen LogP contribution < -0.4 is 10.1 Å². The monoisotopic (exact) mass is 424 g/mol. The summed E-state index contributed by atoms with van der Waals surface area (Å²) in [5, 5.41) is 5.24. The number of hydrogen-bond acceptors (Lipinski definition) is 3. The summed E-state index contributed by atoms with van der Waals surface area (Å²) in [6.45, 7) is 0.508. The van der Waals surface area contributed by atoms with Crippen LogP contribution in [0.1, 0.15) is 22.6 Å². The molecule has 0 fully saturated rings. The first-order valence-corrected chi connectivity index (χ1v) is 10.6. The fraction of sp³-hybridized carbons (Fsp3) is 0.148. The Labute approximate surface area is 186 Å². The molecule has 5 aromatic rings. The largest absolute Gasteiger partial charge is 0.497 e. The molecule has 5 rings (SSSR count). The zero-order chi connectivity index (χ0) is 21.9. The zero-order valence-corrected chi connectivity index (χ0v) is 17.8. The van der Waals surface area contributed by atoms with Gasteiger partial charge < -0.3 is 19.5 Å². The van der Waals surface area contributed by atoms with Crippen LogP contribution in [0.25, 0.3) is 21.9 Å². The van der Waals surface area contributed by atoms with E-state index in [1.54, 1.807) is 13.4 Å². The topological polar surface area (TPSA) is 67.3 Å². The molecule has 160 valence electrons. The molecule has 0 bridgehead atoms. The lowest BCUT2D eigenvalue weighted by molar-refractivity contribution is -0.120. The molecule has 0 aliphatic rings. The Balaban J connectivity index is 1.36. The average Bonchev–Trinajstić information content (AvgIpc) is 3.44. The Morgan fingerprint density at radius 3 is 2.69 bits per heavy atom. The minimum atomic E-state index is -0.0377. The van der Waals surface area contributed by atoms with Crippen LogP contribution in [0.3, 0.4) is 0 Å². The number of rotatable bonds is 7. The second kappa shape index (κ2) is 8.63. The van der Waals surface area contributed by atoms with Gasteiger partial charge in [0.05, 0.1) is 19.8 Å². The van der Waals surface area contributed by atoms with Crippen LogP contribution in [0, 0.1) is 0 Å². The molecular weight excluding hydrogens is 400 g/mol. The summed E-state index contributed by atoms with van der Waals surface area (Å²) in [4.78, 5) is 16.2. The molecule has 2 aromatic heterocycles. The number of aromatic nitrogens is 1. The van der Waals surface area contributed by atoms with Gasteiger partial charge in [-0.3, -0.25) is 4.79 Å². The maximum absolute atomic E-state index is 12.9. The Bertz CT molecular complexity index is 1370. The number of nitrogens with one attached hydrogen (secondary N) is 2. The third-order valence-electron chi connectivity index (χ3n) is 5.92. The van der Waals surface area contributed by atoms with Gasteiger partial charge >= 0.3 is 0 Å². The second-order valence-corrected chi connectivity index (χ2v) is 7.86. The smallest absolute Gasteiger partial charge is 0.224 e. The SMILES string of the molecule is COc1ccc2c(CC(=O)NCC(c3ccccc3)c3c[nH]c4ccccc34)coc2c1. The van der Waals surface area contributed by atoms with E-state index >= 15 is 0 Å². The maximum Gasteiger partial charge on any atom is 0.224 e. The van der Waals surface area contributed by atoms with Gasteiger partial charge in [-0.15, -0.1) is 0 Å². The number of furan rings is 1. The summed E-state index contributed by atoms with van der Waals surface area (Å²) in [5.74, 6) is 0.734. The number of fused-ring (bicyclic) bond motifs is 2. The highest BCUT2D eigenvalue weighted by molar-refractivity contribution is 5.88. The van der Waals surface area contributed by atoms with Crippen molar-refractivity contribution in [1.82, 2.24) is 10.3 Å². The summed E-state index contributed by atoms with van der Waals surface area (Å²) >= 11 is 0. The first-order valence-electron chi connectivity index (χ1n) is 10.6. The average molecular weight is 425 g/mol. The van der Waals surface area contributed by atoms with Gasteiger partial charge in [-0.25, -0.2) is 0 Å². The molecule has 1 amide bonds. The molecule has 2 heterocycles. The van der Waals surface area contributed by atoms with Crippen LogP contribution in [-0.4, -0.2) is 24.5 Å². The first-order chi connectivity index (χ1) is 15.7. The van der Waals surface area contributed by atoms with E-state index in [2.05, 4.69) is 34.6 Å². The third kappa shape index (κ3) is 3.85. The molecule has 2 N–H and O–H groups in total. The van der Waals surface area contributed by atoms with Crippen LogP contribution in [0.4, 0.5) is 0 Å². The molecule has 0 aliphatic carbocycles. The molecule has 0 saturated carbocycles. The van der Waals surface area contributed by atoms with Crippen molar-refractivity contribution >= 4 is 27.8 Å². The minimum absolute atomic E-state index is 0.0377. The second-order valence-electron chi connectivity index (χ2n) is 7.86. The van der Waals surface area contributed by atoms with Crippen LogP contribution in [-0.2, 0) is 11.2 Å². The van der Waals surface area contributed by atoms with Crippen molar-refractivity contribution in [2.45, 2.75) is 12.3 Å². The number of carbonyl (C=O) groups is 1. The van der Waals surface area contributed by atoms with E-state index < -0.39 is 0 Å². The van der Waals surface area contributed by atoms with Crippen molar-refractivity contribution in [2.75, 3.05) is 13.7 Å². The standard InChI is InChI=1S/C27H24N2O3/c1-31-20-11-12-21-19(17-32-26(21)14-20)13-27(30)29-15-23(18-7-3-2-4-8-18)24-16-28-25-10-6-5-9-22(24)25/h2-12,14,16-17,23,28H,13,15H2,1H3,(H,29,30). The Kier molecular flexibility index (Phi) is 5.38. The number of ether oxygens (including phenoxy) is 1. The van der Waals surface area contributed by atoms with E-state index in [0.29, 0.717) is 12.1 Å². The van der Waals surface area contributed by atoms with Crippen molar-refractivity contribution in [3.8, 4) is 5.75 Å².